The zero-order valence-electron chi connectivity index (χ0n) is 55.3. The van der Waals surface area contributed by atoms with Crippen LogP contribution in [0.15, 0.2) is 65.6 Å². The van der Waals surface area contributed by atoms with Gasteiger partial charge < -0.3 is 86.4 Å². The Morgan fingerprint density at radius 3 is 1.12 bits per heavy atom. The fraction of sp³-hybridized carbons (Fsp3) is 0.709. The maximum atomic E-state index is 15.0. The van der Waals surface area contributed by atoms with Gasteiger partial charge in [0.25, 0.3) is 16.7 Å². The number of ether oxygens (including phenoxy) is 15. The number of phosphoric acid groups is 2. The van der Waals surface area contributed by atoms with E-state index in [4.69, 9.17) is 60.3 Å². The molecule has 8 heterocycles. The van der Waals surface area contributed by atoms with E-state index in [9.17, 15) is 81.2 Å². The van der Waals surface area contributed by atoms with E-state index in [0.29, 0.717) is 30.3 Å². The summed E-state index contributed by atoms with van der Waals surface area (Å²) < 4.78 is 179. The second-order valence-electron chi connectivity index (χ2n) is 24.0. The summed E-state index contributed by atoms with van der Waals surface area (Å²) in [4.78, 5) is 122. The summed E-state index contributed by atoms with van der Waals surface area (Å²) in [7, 11) is -5.67. The van der Waals surface area contributed by atoms with Crippen molar-refractivity contribution in [2.24, 2.45) is 0 Å². The third-order valence-corrected chi connectivity index (χ3v) is 19.8. The first-order valence-electron chi connectivity index (χ1n) is 30.5. The fourth-order valence-corrected chi connectivity index (χ4v) is 14.3. The van der Waals surface area contributed by atoms with Crippen LogP contribution in [0.2, 0.25) is 0 Å². The molecule has 42 nitrogen and oxygen atoms in total. The number of hydrogen-bond acceptors (Lipinski definition) is 36. The standard InChI is InChI=1S/C22H30FN2O15P.C17H24FN2O15P.C16H21FN2O6/c1-20-15(38-22(40-20)7-4-5-8-22)21(10-23,39-16(20)25-9-6-14(26)24-17(25)27)11-35-41(30,36-12-33-18(28)31-2)37-13-34-19(29)32-3;1-16(26)11(22)17(6-18,35-12(16)20-5-4-10(21)19-13(20)23)7-32-36(27,33-8-30-14(24)28-2)34-9-31-15(25)29-3;1-14-11(23-16(25-14)5-2-3-6-16)15(8-17,9-20)24-12(14)19-7-4-10(21)18-13(19)22/h6,9,15-16H,4-5,7-8,10-13H2,1-3H3,(H,24,26,27);4-5,11-12,22,26H,6-9H2,1-3H3,(H,19,21,23);4,7,11-12,20H,2-3,5-6,8-9H2,1H3,(H,18,21,22)/t15-,16+,20+,21+;11-,12+,16+,17+;11-,12+,14+,15+/m000/s1. The lowest BCUT2D eigenvalue weighted by Gasteiger charge is -2.34. The number of methoxy groups -OCH3 is 4. The van der Waals surface area contributed by atoms with E-state index >= 15 is 4.39 Å². The molecule has 7 aliphatic rings. The van der Waals surface area contributed by atoms with Gasteiger partial charge in [0.15, 0.2) is 47.1 Å². The molecule has 10 rings (SSSR count). The summed E-state index contributed by atoms with van der Waals surface area (Å²) in [5.41, 5.74) is -15.7. The van der Waals surface area contributed by atoms with Crippen LogP contribution in [0.1, 0.15) is 90.8 Å². The molecule has 2 spiro atoms. The second kappa shape index (κ2) is 32.4. The molecule has 0 aromatic carbocycles. The molecule has 102 heavy (non-hydrogen) atoms. The number of aromatic nitrogens is 6. The van der Waals surface area contributed by atoms with Crippen LogP contribution in [-0.4, -0.2) is 228 Å². The molecule has 572 valence electrons. The topological polar surface area (TPSA) is 522 Å². The van der Waals surface area contributed by atoms with Crippen molar-refractivity contribution in [2.45, 2.75) is 154 Å². The number of phosphoric ester groups is 2. The number of fused-ring (bicyclic) bond motifs is 2. The number of nitrogens with one attached hydrogen (secondary N) is 3. The quantitative estimate of drug-likeness (QED) is 0.0303. The minimum Gasteiger partial charge on any atom is -0.438 e. The molecule has 0 amide bonds. The molecule has 5 aliphatic heterocycles. The van der Waals surface area contributed by atoms with E-state index in [1.165, 1.54) is 12.3 Å². The van der Waals surface area contributed by atoms with Gasteiger partial charge in [-0.3, -0.25) is 52.1 Å². The van der Waals surface area contributed by atoms with Crippen molar-refractivity contribution in [1.29, 1.82) is 0 Å². The molecule has 6 N–H and O–H groups in total. The van der Waals surface area contributed by atoms with Crippen molar-refractivity contribution in [3.63, 3.8) is 0 Å². The van der Waals surface area contributed by atoms with Crippen molar-refractivity contribution in [2.75, 3.05) is 95.5 Å². The Labute approximate surface area is 571 Å². The van der Waals surface area contributed by atoms with Crippen LogP contribution < -0.4 is 33.7 Å². The van der Waals surface area contributed by atoms with Crippen LogP contribution in [0.3, 0.4) is 0 Å². The van der Waals surface area contributed by atoms with Crippen LogP contribution in [0, 0.1) is 0 Å². The normalized spacial score (nSPS) is 30.1. The Hall–Kier alpha value is -7.27. The summed E-state index contributed by atoms with van der Waals surface area (Å²) in [5.74, 6) is -1.95. The van der Waals surface area contributed by atoms with E-state index in [1.54, 1.807) is 13.8 Å². The Kier molecular flexibility index (Phi) is 25.5. The highest BCUT2D eigenvalue weighted by molar-refractivity contribution is 7.48. The molecular formula is C55H75F3N6O36P2. The van der Waals surface area contributed by atoms with E-state index in [0.717, 1.165) is 94.7 Å². The molecule has 5 saturated heterocycles. The smallest absolute Gasteiger partial charge is 0.438 e. The number of carbonyl (C=O) groups excluding carboxylic acids is 4. The number of alkyl halides is 3. The number of aliphatic hydroxyl groups is 3. The van der Waals surface area contributed by atoms with Crippen molar-refractivity contribution in [1.82, 2.24) is 28.7 Å². The number of carbonyl (C=O) groups is 4. The van der Waals surface area contributed by atoms with Gasteiger partial charge in [-0.25, -0.2) is 74.0 Å². The third kappa shape index (κ3) is 16.9. The molecule has 12 atom stereocenters. The molecule has 3 aromatic rings. The van der Waals surface area contributed by atoms with E-state index in [2.05, 4.69) is 47.9 Å². The number of hydrogen-bond donors (Lipinski definition) is 6. The van der Waals surface area contributed by atoms with Gasteiger partial charge in [0.2, 0.25) is 27.2 Å². The molecule has 0 bridgehead atoms. The number of H-pyrrole nitrogens is 3. The second-order valence-corrected chi connectivity index (χ2v) is 27.3. The molecule has 0 unspecified atom stereocenters. The predicted octanol–water partition coefficient (Wildman–Crippen LogP) is 1.59. The minimum absolute atomic E-state index is 0.482. The molecule has 3 aromatic heterocycles. The Morgan fingerprint density at radius 2 is 0.804 bits per heavy atom. The lowest BCUT2D eigenvalue weighted by Crippen LogP contribution is -2.53. The summed E-state index contributed by atoms with van der Waals surface area (Å²) in [6.07, 6.45) is -4.13. The van der Waals surface area contributed by atoms with Crippen molar-refractivity contribution < 1.29 is 155 Å². The van der Waals surface area contributed by atoms with Crippen LogP contribution >= 0.6 is 15.6 Å². The van der Waals surface area contributed by atoms with Gasteiger partial charge in [-0.05, 0) is 46.5 Å². The van der Waals surface area contributed by atoms with Gasteiger partial charge in [-0.1, -0.05) is 0 Å². The zero-order chi connectivity index (χ0) is 74.9. The highest BCUT2D eigenvalue weighted by atomic mass is 31.2. The average Bonchev–Trinajstić information content (AvgIpc) is 1.54. The summed E-state index contributed by atoms with van der Waals surface area (Å²) in [6, 6.07) is 3.17. The average molecular weight is 1520 g/mol. The number of aliphatic hydroxyl groups excluding tert-OH is 2. The highest BCUT2D eigenvalue weighted by Gasteiger charge is 2.74. The molecule has 2 aliphatic carbocycles. The molecule has 7 fully saturated rings. The SMILES string of the molecule is COC(=O)OCOP(=O)(OCOC(=O)OC)OC[C@@]1(CF)O[C@@H](n2ccc(=O)[nH]c2=O)[C@](C)(O)[C@@H]1O.COC(=O)OCOP(=O)(OCOC(=O)OC)OC[C@@]1(CF)O[C@@H](n2ccc(=O)[nH]c2=O)[C@]2(C)OC3(CCCC3)O[C@H]12.C[C@@]12OC3(CCCC3)O[C@@H]1[C@](CO)(CF)O[C@H]2n1ccc(=O)[nH]c1=O. The summed E-state index contributed by atoms with van der Waals surface area (Å²) in [6.45, 7) is -6.32. The van der Waals surface area contributed by atoms with E-state index < -0.39 is 223 Å². The molecule has 2 saturated carbocycles. The Morgan fingerprint density at radius 1 is 0.500 bits per heavy atom. The van der Waals surface area contributed by atoms with Crippen LogP contribution in [0.5, 0.6) is 0 Å². The monoisotopic (exact) mass is 1510 g/mol. The Balaban J connectivity index is 0.000000199. The lowest BCUT2D eigenvalue weighted by atomic mass is 9.88. The summed E-state index contributed by atoms with van der Waals surface area (Å²) >= 11 is 0. The van der Waals surface area contributed by atoms with Crippen LogP contribution in [0.4, 0.5) is 32.3 Å². The largest absolute Gasteiger partial charge is 0.510 e. The van der Waals surface area contributed by atoms with Crippen molar-refractivity contribution >= 4 is 40.3 Å². The van der Waals surface area contributed by atoms with Gasteiger partial charge in [0.1, 0.15) is 55.1 Å². The number of nitrogens with zero attached hydrogens (tertiary/aromatic N) is 3. The van der Waals surface area contributed by atoms with Crippen LogP contribution in [0.25, 0.3) is 0 Å². The van der Waals surface area contributed by atoms with Crippen molar-refractivity contribution in [3.05, 3.63) is 99.3 Å². The third-order valence-electron chi connectivity index (χ3n) is 17.2. The van der Waals surface area contributed by atoms with Gasteiger partial charge in [0.05, 0.1) is 48.3 Å². The van der Waals surface area contributed by atoms with Gasteiger partial charge in [0, 0.05) is 62.5 Å². The fourth-order valence-electron chi connectivity index (χ4n) is 12.4. The van der Waals surface area contributed by atoms with Crippen LogP contribution in [-0.2, 0) is 107 Å². The van der Waals surface area contributed by atoms with Gasteiger partial charge in [-0.2, -0.15) is 0 Å². The lowest BCUT2D eigenvalue weighted by molar-refractivity contribution is -0.253. The van der Waals surface area contributed by atoms with Gasteiger partial charge >= 0.3 is 57.3 Å². The highest BCUT2D eigenvalue weighted by Crippen LogP contribution is 2.62. The summed E-state index contributed by atoms with van der Waals surface area (Å²) in [5, 5.41) is 31.3. The molecule has 47 heteroatoms. The first-order valence-corrected chi connectivity index (χ1v) is 33.4. The number of halogens is 3. The van der Waals surface area contributed by atoms with E-state index in [-0.39, 0.29) is 0 Å². The van der Waals surface area contributed by atoms with Gasteiger partial charge in [-0.15, -0.1) is 0 Å². The molecular weight excluding hydrogens is 1440 g/mol. The minimum atomic E-state index is -4.86. The zero-order valence-corrected chi connectivity index (χ0v) is 57.1. The first kappa shape index (κ1) is 80.4. The van der Waals surface area contributed by atoms with Crippen molar-refractivity contribution in [3.8, 4) is 0 Å². The molecule has 0 radical (unpaired) electrons. The maximum absolute atomic E-state index is 15.0. The predicted molar refractivity (Wildman–Crippen MR) is 320 cm³/mol. The number of rotatable bonds is 25. The Bertz CT molecular complexity index is 3880. The maximum Gasteiger partial charge on any atom is 0.510 e. The first-order chi connectivity index (χ1) is 48.2. The number of aromatic amines is 3. The van der Waals surface area contributed by atoms with E-state index in [1.807, 2.05) is 4.98 Å².